The quantitative estimate of drug-likeness (QED) is 0.733. The van der Waals surface area contributed by atoms with E-state index in [1.54, 1.807) is 12.1 Å². The maximum atomic E-state index is 13.9. The first-order chi connectivity index (χ1) is 10.0. The van der Waals surface area contributed by atoms with Gasteiger partial charge in [-0.15, -0.1) is 0 Å². The molecule has 120 valence electrons. The lowest BCUT2D eigenvalue weighted by Crippen LogP contribution is -2.39. The Labute approximate surface area is 129 Å². The number of halogens is 1. The second-order valence-electron chi connectivity index (χ2n) is 6.13. The molecule has 21 heavy (non-hydrogen) atoms. The lowest BCUT2D eigenvalue weighted by Gasteiger charge is -2.33. The Morgan fingerprint density at radius 2 is 1.86 bits per heavy atom. The van der Waals surface area contributed by atoms with Crippen molar-refractivity contribution in [1.82, 2.24) is 4.90 Å². The minimum Gasteiger partial charge on any atom is -0.324 e. The summed E-state index contributed by atoms with van der Waals surface area (Å²) in [6.45, 7) is 10.8. The van der Waals surface area contributed by atoms with Crippen LogP contribution in [0.2, 0.25) is 0 Å². The molecule has 0 spiro atoms. The monoisotopic (exact) mass is 294 g/mol. The van der Waals surface area contributed by atoms with Crippen molar-refractivity contribution in [2.75, 3.05) is 13.1 Å². The van der Waals surface area contributed by atoms with E-state index in [0.717, 1.165) is 19.5 Å². The van der Waals surface area contributed by atoms with Crippen LogP contribution in [-0.4, -0.2) is 24.0 Å². The molecule has 0 aliphatic carbocycles. The maximum absolute atomic E-state index is 13.9. The first-order valence-electron chi connectivity index (χ1n) is 8.25. The van der Waals surface area contributed by atoms with Gasteiger partial charge in [-0.25, -0.2) is 4.39 Å². The van der Waals surface area contributed by atoms with Crippen LogP contribution in [0.3, 0.4) is 0 Å². The van der Waals surface area contributed by atoms with Gasteiger partial charge in [0.25, 0.3) is 0 Å². The van der Waals surface area contributed by atoms with Gasteiger partial charge in [-0.2, -0.15) is 0 Å². The predicted molar refractivity (Wildman–Crippen MR) is 88.7 cm³/mol. The zero-order chi connectivity index (χ0) is 15.8. The summed E-state index contributed by atoms with van der Waals surface area (Å²) in [7, 11) is 0. The first-order valence-corrected chi connectivity index (χ1v) is 8.25. The average molecular weight is 294 g/mol. The topological polar surface area (TPSA) is 29.3 Å². The van der Waals surface area contributed by atoms with Gasteiger partial charge in [0, 0.05) is 24.2 Å². The average Bonchev–Trinajstić information content (AvgIpc) is 2.50. The zero-order valence-corrected chi connectivity index (χ0v) is 14.0. The second kappa shape index (κ2) is 9.16. The molecule has 1 aromatic rings. The van der Waals surface area contributed by atoms with E-state index < -0.39 is 0 Å². The Morgan fingerprint density at radius 1 is 1.19 bits per heavy atom. The lowest BCUT2D eigenvalue weighted by atomic mass is 9.94. The third kappa shape index (κ3) is 5.40. The molecule has 0 aliphatic heterocycles. The van der Waals surface area contributed by atoms with Gasteiger partial charge >= 0.3 is 0 Å². The molecular weight excluding hydrogens is 263 g/mol. The second-order valence-corrected chi connectivity index (χ2v) is 6.13. The summed E-state index contributed by atoms with van der Waals surface area (Å²) in [5.41, 5.74) is 6.92. The van der Waals surface area contributed by atoms with Crippen molar-refractivity contribution in [2.24, 2.45) is 11.7 Å². The molecule has 0 aromatic heterocycles. The fraction of sp³-hybridized carbons (Fsp3) is 0.667. The van der Waals surface area contributed by atoms with Crippen molar-refractivity contribution in [1.29, 1.82) is 0 Å². The fourth-order valence-electron chi connectivity index (χ4n) is 2.65. The van der Waals surface area contributed by atoms with Crippen LogP contribution in [0.1, 0.15) is 58.6 Å². The Hall–Kier alpha value is -0.930. The molecular formula is C18H31FN2. The van der Waals surface area contributed by atoms with Gasteiger partial charge in [-0.1, -0.05) is 45.4 Å². The van der Waals surface area contributed by atoms with Gasteiger partial charge in [0.2, 0.25) is 0 Å². The highest BCUT2D eigenvalue weighted by molar-refractivity contribution is 5.21. The van der Waals surface area contributed by atoms with Gasteiger partial charge in [0.1, 0.15) is 5.82 Å². The Balaban J connectivity index is 2.71. The van der Waals surface area contributed by atoms with Crippen LogP contribution in [0, 0.1) is 11.7 Å². The zero-order valence-electron chi connectivity index (χ0n) is 14.0. The van der Waals surface area contributed by atoms with E-state index in [1.807, 2.05) is 6.07 Å². The molecule has 0 saturated carbocycles. The van der Waals surface area contributed by atoms with E-state index >= 15 is 0 Å². The van der Waals surface area contributed by atoms with Crippen molar-refractivity contribution in [3.8, 4) is 0 Å². The van der Waals surface area contributed by atoms with Crippen molar-refractivity contribution in [2.45, 2.75) is 59.0 Å². The number of nitrogens with two attached hydrogens (primary N) is 1. The van der Waals surface area contributed by atoms with E-state index in [9.17, 15) is 4.39 Å². The summed E-state index contributed by atoms with van der Waals surface area (Å²) < 4.78 is 13.9. The third-order valence-electron chi connectivity index (χ3n) is 4.41. The standard InChI is InChI=1S/C18H31FN2/c1-5-7-12-21(15(4)6-2)13-14(3)18(20)16-10-8-9-11-17(16)19/h8-11,14-15,18H,5-7,12-13,20H2,1-4H3. The van der Waals surface area contributed by atoms with E-state index in [1.165, 1.54) is 18.9 Å². The molecule has 3 heteroatoms. The molecule has 0 saturated heterocycles. The van der Waals surface area contributed by atoms with Gasteiger partial charge in [0.05, 0.1) is 0 Å². The van der Waals surface area contributed by atoms with Crippen LogP contribution < -0.4 is 5.73 Å². The largest absolute Gasteiger partial charge is 0.324 e. The van der Waals surface area contributed by atoms with Crippen LogP contribution in [-0.2, 0) is 0 Å². The number of rotatable bonds is 9. The molecule has 2 N–H and O–H groups in total. The van der Waals surface area contributed by atoms with Gasteiger partial charge in [0.15, 0.2) is 0 Å². The molecule has 0 amide bonds. The highest BCUT2D eigenvalue weighted by atomic mass is 19.1. The highest BCUT2D eigenvalue weighted by Gasteiger charge is 2.22. The molecule has 0 heterocycles. The molecule has 3 atom stereocenters. The minimum absolute atomic E-state index is 0.194. The molecule has 0 fully saturated rings. The summed E-state index contributed by atoms with van der Waals surface area (Å²) in [4.78, 5) is 2.49. The van der Waals surface area contributed by atoms with E-state index in [4.69, 9.17) is 5.73 Å². The summed E-state index contributed by atoms with van der Waals surface area (Å²) in [6, 6.07) is 7.16. The molecule has 0 radical (unpaired) electrons. The lowest BCUT2D eigenvalue weighted by molar-refractivity contribution is 0.164. The Morgan fingerprint density at radius 3 is 2.43 bits per heavy atom. The predicted octanol–water partition coefficient (Wildman–Crippen LogP) is 4.36. The Kier molecular flexibility index (Phi) is 7.91. The van der Waals surface area contributed by atoms with Crippen LogP contribution in [0.4, 0.5) is 4.39 Å². The van der Waals surface area contributed by atoms with E-state index in [-0.39, 0.29) is 17.8 Å². The summed E-state index contributed by atoms with van der Waals surface area (Å²) in [6.07, 6.45) is 3.53. The smallest absolute Gasteiger partial charge is 0.127 e. The number of hydrogen-bond donors (Lipinski definition) is 1. The number of benzene rings is 1. The third-order valence-corrected chi connectivity index (χ3v) is 4.41. The summed E-state index contributed by atoms with van der Waals surface area (Å²) >= 11 is 0. The molecule has 0 bridgehead atoms. The number of hydrogen-bond acceptors (Lipinski definition) is 2. The summed E-state index contributed by atoms with van der Waals surface area (Å²) in [5.74, 6) is 0.0354. The van der Waals surface area contributed by atoms with Crippen LogP contribution in [0.25, 0.3) is 0 Å². The van der Waals surface area contributed by atoms with Gasteiger partial charge in [-0.3, -0.25) is 0 Å². The van der Waals surface area contributed by atoms with Crippen molar-refractivity contribution in [3.05, 3.63) is 35.6 Å². The number of nitrogens with zero attached hydrogens (tertiary/aromatic N) is 1. The van der Waals surface area contributed by atoms with E-state index in [0.29, 0.717) is 11.6 Å². The van der Waals surface area contributed by atoms with Crippen LogP contribution >= 0.6 is 0 Å². The molecule has 1 rings (SSSR count). The maximum Gasteiger partial charge on any atom is 0.127 e. The van der Waals surface area contributed by atoms with Crippen molar-refractivity contribution >= 4 is 0 Å². The molecule has 3 unspecified atom stereocenters. The Bertz CT molecular complexity index is 408. The molecule has 0 aliphatic rings. The number of unbranched alkanes of at least 4 members (excludes halogenated alkanes) is 1. The van der Waals surface area contributed by atoms with Crippen molar-refractivity contribution in [3.63, 3.8) is 0 Å². The minimum atomic E-state index is -0.251. The first kappa shape index (κ1) is 18.1. The fourth-order valence-corrected chi connectivity index (χ4v) is 2.65. The highest BCUT2D eigenvalue weighted by Crippen LogP contribution is 2.23. The SMILES string of the molecule is CCCCN(CC(C)C(N)c1ccccc1F)C(C)CC. The van der Waals surface area contributed by atoms with E-state index in [2.05, 4.69) is 32.6 Å². The van der Waals surface area contributed by atoms with Crippen LogP contribution in [0.15, 0.2) is 24.3 Å². The van der Waals surface area contributed by atoms with Gasteiger partial charge < -0.3 is 10.6 Å². The van der Waals surface area contributed by atoms with Crippen molar-refractivity contribution < 1.29 is 4.39 Å². The molecule has 2 nitrogen and oxygen atoms in total. The molecule has 1 aromatic carbocycles. The van der Waals surface area contributed by atoms with Crippen LogP contribution in [0.5, 0.6) is 0 Å². The van der Waals surface area contributed by atoms with Gasteiger partial charge in [-0.05, 0) is 38.3 Å². The normalized spacial score (nSPS) is 16.0. The summed E-state index contributed by atoms with van der Waals surface area (Å²) in [5, 5.41) is 0.